The van der Waals surface area contributed by atoms with Crippen LogP contribution in [0.1, 0.15) is 16.8 Å². The third-order valence-electron chi connectivity index (χ3n) is 2.40. The van der Waals surface area contributed by atoms with Gasteiger partial charge in [0, 0.05) is 25.7 Å². The van der Waals surface area contributed by atoms with Crippen molar-refractivity contribution in [3.63, 3.8) is 0 Å². The molecule has 0 heterocycles. The first-order chi connectivity index (χ1) is 8.95. The van der Waals surface area contributed by atoms with Gasteiger partial charge in [-0.3, -0.25) is 4.79 Å². The Morgan fingerprint density at radius 3 is 2.58 bits per heavy atom. The van der Waals surface area contributed by atoms with Gasteiger partial charge in [0.1, 0.15) is 6.04 Å². The summed E-state index contributed by atoms with van der Waals surface area (Å²) in [4.78, 5) is 22.8. The van der Waals surface area contributed by atoms with E-state index in [0.29, 0.717) is 5.02 Å². The fourth-order valence-corrected chi connectivity index (χ4v) is 1.67. The van der Waals surface area contributed by atoms with E-state index in [1.54, 1.807) is 0 Å². The number of methoxy groups -OCH3 is 1. The standard InChI is InChI=1S/C12H13Cl2NO4/c1-19-5-4-10(12(17)18)15-11(16)7-2-3-8(13)9(14)6-7/h2-3,6,10H,4-5H2,1H3,(H,15,16)(H,17,18). The summed E-state index contributed by atoms with van der Waals surface area (Å²) in [6, 6.07) is 3.32. The van der Waals surface area contributed by atoms with Crippen LogP contribution < -0.4 is 5.32 Å². The van der Waals surface area contributed by atoms with Crippen molar-refractivity contribution in [1.82, 2.24) is 5.32 Å². The largest absolute Gasteiger partial charge is 0.480 e. The molecule has 1 atom stereocenters. The number of carbonyl (C=O) groups is 2. The summed E-state index contributed by atoms with van der Waals surface area (Å²) < 4.78 is 4.79. The van der Waals surface area contributed by atoms with E-state index < -0.39 is 17.9 Å². The molecule has 2 N–H and O–H groups in total. The van der Waals surface area contributed by atoms with E-state index in [0.717, 1.165) is 0 Å². The van der Waals surface area contributed by atoms with Gasteiger partial charge in [-0.1, -0.05) is 23.2 Å². The predicted octanol–water partition coefficient (Wildman–Crippen LogP) is 2.21. The summed E-state index contributed by atoms with van der Waals surface area (Å²) in [5, 5.41) is 11.9. The second-order valence-electron chi connectivity index (χ2n) is 3.77. The molecule has 1 amide bonds. The molecule has 0 fully saturated rings. The maximum atomic E-state index is 11.9. The third kappa shape index (κ3) is 4.70. The van der Waals surface area contributed by atoms with Crippen molar-refractivity contribution < 1.29 is 19.4 Å². The molecule has 104 valence electrons. The Hall–Kier alpha value is -1.30. The van der Waals surface area contributed by atoms with Gasteiger partial charge in [-0.25, -0.2) is 4.79 Å². The lowest BCUT2D eigenvalue weighted by Crippen LogP contribution is -2.41. The minimum Gasteiger partial charge on any atom is -0.480 e. The van der Waals surface area contributed by atoms with Crippen LogP contribution in [0.4, 0.5) is 0 Å². The molecule has 19 heavy (non-hydrogen) atoms. The molecule has 7 heteroatoms. The Kier molecular flexibility index (Phi) is 6.08. The topological polar surface area (TPSA) is 75.6 Å². The highest BCUT2D eigenvalue weighted by Crippen LogP contribution is 2.22. The molecule has 1 unspecified atom stereocenters. The van der Waals surface area contributed by atoms with E-state index in [1.165, 1.54) is 25.3 Å². The molecule has 0 radical (unpaired) electrons. The van der Waals surface area contributed by atoms with Crippen molar-refractivity contribution >= 4 is 35.1 Å². The van der Waals surface area contributed by atoms with Crippen molar-refractivity contribution in [2.45, 2.75) is 12.5 Å². The number of ether oxygens (including phenoxy) is 1. The van der Waals surface area contributed by atoms with Gasteiger partial charge >= 0.3 is 5.97 Å². The van der Waals surface area contributed by atoms with Gasteiger partial charge in [0.25, 0.3) is 5.91 Å². The molecule has 0 spiro atoms. The molecular weight excluding hydrogens is 293 g/mol. The van der Waals surface area contributed by atoms with Gasteiger partial charge in [0.2, 0.25) is 0 Å². The number of carboxylic acids is 1. The highest BCUT2D eigenvalue weighted by molar-refractivity contribution is 6.42. The second kappa shape index (κ2) is 7.33. The average Bonchev–Trinajstić information content (AvgIpc) is 2.37. The number of carboxylic acid groups (broad SMARTS) is 1. The third-order valence-corrected chi connectivity index (χ3v) is 3.13. The van der Waals surface area contributed by atoms with Crippen LogP contribution in [0.25, 0.3) is 0 Å². The fraction of sp³-hybridized carbons (Fsp3) is 0.333. The van der Waals surface area contributed by atoms with E-state index in [2.05, 4.69) is 5.32 Å². The van der Waals surface area contributed by atoms with Gasteiger partial charge in [-0.2, -0.15) is 0 Å². The molecule has 5 nitrogen and oxygen atoms in total. The van der Waals surface area contributed by atoms with Crippen molar-refractivity contribution in [3.05, 3.63) is 33.8 Å². The molecule has 0 aliphatic carbocycles. The van der Waals surface area contributed by atoms with Crippen LogP contribution in [0.5, 0.6) is 0 Å². The van der Waals surface area contributed by atoms with Gasteiger partial charge in [0.15, 0.2) is 0 Å². The van der Waals surface area contributed by atoms with Crippen LogP contribution in [-0.4, -0.2) is 36.7 Å². The average molecular weight is 306 g/mol. The first-order valence-corrected chi connectivity index (χ1v) is 6.19. The number of benzene rings is 1. The molecule has 0 aromatic heterocycles. The summed E-state index contributed by atoms with van der Waals surface area (Å²) in [6.07, 6.45) is 0.179. The van der Waals surface area contributed by atoms with Crippen molar-refractivity contribution in [2.75, 3.05) is 13.7 Å². The highest BCUT2D eigenvalue weighted by Gasteiger charge is 2.20. The van der Waals surface area contributed by atoms with Crippen molar-refractivity contribution in [3.8, 4) is 0 Å². The molecule has 1 rings (SSSR count). The quantitative estimate of drug-likeness (QED) is 0.845. The first kappa shape index (κ1) is 15.8. The van der Waals surface area contributed by atoms with E-state index in [4.69, 9.17) is 33.0 Å². The summed E-state index contributed by atoms with van der Waals surface area (Å²) in [6.45, 7) is 0.235. The zero-order valence-corrected chi connectivity index (χ0v) is 11.7. The lowest BCUT2D eigenvalue weighted by atomic mass is 10.1. The van der Waals surface area contributed by atoms with Crippen molar-refractivity contribution in [1.29, 1.82) is 0 Å². The maximum absolute atomic E-state index is 11.9. The van der Waals surface area contributed by atoms with Crippen molar-refractivity contribution in [2.24, 2.45) is 0 Å². The number of aliphatic carboxylic acids is 1. The molecule has 0 saturated carbocycles. The summed E-state index contributed by atoms with van der Waals surface area (Å²) in [7, 11) is 1.46. The Morgan fingerprint density at radius 2 is 2.05 bits per heavy atom. The SMILES string of the molecule is COCCC(NC(=O)c1ccc(Cl)c(Cl)c1)C(=O)O. The fourth-order valence-electron chi connectivity index (χ4n) is 1.37. The summed E-state index contributed by atoms with van der Waals surface area (Å²) in [5.74, 6) is -1.65. The van der Waals surface area contributed by atoms with Gasteiger partial charge in [0.05, 0.1) is 10.0 Å². The smallest absolute Gasteiger partial charge is 0.326 e. The van der Waals surface area contributed by atoms with Crippen LogP contribution in [-0.2, 0) is 9.53 Å². The molecule has 1 aromatic rings. The predicted molar refractivity (Wildman–Crippen MR) is 71.8 cm³/mol. The number of amides is 1. The van der Waals surface area contributed by atoms with E-state index >= 15 is 0 Å². The Bertz CT molecular complexity index is 479. The normalized spacial score (nSPS) is 11.9. The molecule has 0 bridgehead atoms. The number of nitrogens with one attached hydrogen (secondary N) is 1. The van der Waals surface area contributed by atoms with Gasteiger partial charge in [-0.15, -0.1) is 0 Å². The summed E-state index contributed by atoms with van der Waals surface area (Å²) in [5.41, 5.74) is 0.248. The molecule has 0 aliphatic heterocycles. The van der Waals surface area contributed by atoms with Crippen LogP contribution in [0, 0.1) is 0 Å². The van der Waals surface area contributed by atoms with E-state index in [1.807, 2.05) is 0 Å². The lowest BCUT2D eigenvalue weighted by molar-refractivity contribution is -0.139. The van der Waals surface area contributed by atoms with Crippen LogP contribution in [0.2, 0.25) is 10.0 Å². The molecule has 0 aliphatic rings. The Morgan fingerprint density at radius 1 is 1.37 bits per heavy atom. The van der Waals surface area contributed by atoms with Gasteiger partial charge < -0.3 is 15.2 Å². The second-order valence-corrected chi connectivity index (χ2v) is 4.59. The number of carbonyl (C=O) groups excluding carboxylic acids is 1. The van der Waals surface area contributed by atoms with Crippen LogP contribution in [0.15, 0.2) is 18.2 Å². The minimum atomic E-state index is -1.12. The molecule has 1 aromatic carbocycles. The lowest BCUT2D eigenvalue weighted by Gasteiger charge is -2.14. The zero-order chi connectivity index (χ0) is 14.4. The molecule has 0 saturated heterocycles. The Balaban J connectivity index is 2.75. The maximum Gasteiger partial charge on any atom is 0.326 e. The summed E-state index contributed by atoms with van der Waals surface area (Å²) >= 11 is 11.5. The Labute approximate surface area is 120 Å². The first-order valence-electron chi connectivity index (χ1n) is 5.43. The van der Waals surface area contributed by atoms with Gasteiger partial charge in [-0.05, 0) is 18.2 Å². The zero-order valence-electron chi connectivity index (χ0n) is 10.2. The minimum absolute atomic E-state index is 0.179. The number of hydrogen-bond acceptors (Lipinski definition) is 3. The number of rotatable bonds is 6. The van der Waals surface area contributed by atoms with E-state index in [-0.39, 0.29) is 23.6 Å². The monoisotopic (exact) mass is 305 g/mol. The van der Waals surface area contributed by atoms with E-state index in [9.17, 15) is 9.59 Å². The van der Waals surface area contributed by atoms with Crippen LogP contribution in [0.3, 0.4) is 0 Å². The highest BCUT2D eigenvalue weighted by atomic mass is 35.5. The number of halogens is 2. The molecular formula is C12H13Cl2NO4. The number of hydrogen-bond donors (Lipinski definition) is 2. The van der Waals surface area contributed by atoms with Crippen LogP contribution >= 0.6 is 23.2 Å².